The molecule has 1 atom stereocenters. The monoisotopic (exact) mass is 440 g/mol. The Morgan fingerprint density at radius 2 is 2.00 bits per heavy atom. The van der Waals surface area contributed by atoms with Gasteiger partial charge in [0.25, 0.3) is 0 Å². The zero-order valence-electron chi connectivity index (χ0n) is 17.8. The summed E-state index contributed by atoms with van der Waals surface area (Å²) in [7, 11) is 1.66. The van der Waals surface area contributed by atoms with E-state index in [2.05, 4.69) is 16.4 Å². The van der Waals surface area contributed by atoms with E-state index < -0.39 is 0 Å². The molecule has 1 saturated heterocycles. The first-order valence-electron chi connectivity index (χ1n) is 10.7. The van der Waals surface area contributed by atoms with Crippen molar-refractivity contribution in [2.24, 2.45) is 0 Å². The maximum absolute atomic E-state index is 9.85. The highest BCUT2D eigenvalue weighted by molar-refractivity contribution is 6.33. The van der Waals surface area contributed by atoms with Gasteiger partial charge in [-0.25, -0.2) is 4.68 Å². The van der Waals surface area contributed by atoms with Crippen molar-refractivity contribution in [2.45, 2.75) is 25.5 Å². The topological polar surface area (TPSA) is 62.5 Å². The predicted molar refractivity (Wildman–Crippen MR) is 124 cm³/mol. The average molecular weight is 441 g/mol. The molecule has 3 aromatic rings. The number of benzene rings is 2. The van der Waals surface area contributed by atoms with Gasteiger partial charge in [-0.1, -0.05) is 29.8 Å². The number of hydrogen-bond donors (Lipinski definition) is 2. The molecule has 0 saturated carbocycles. The second kappa shape index (κ2) is 10.3. The molecule has 1 fully saturated rings. The fourth-order valence-corrected chi connectivity index (χ4v) is 4.21. The first-order chi connectivity index (χ1) is 15.1. The molecule has 0 spiro atoms. The van der Waals surface area contributed by atoms with Gasteiger partial charge >= 0.3 is 0 Å². The molecule has 0 radical (unpaired) electrons. The lowest BCUT2D eigenvalue weighted by Gasteiger charge is -2.29. The third kappa shape index (κ3) is 5.46. The highest BCUT2D eigenvalue weighted by Gasteiger charge is 2.18. The van der Waals surface area contributed by atoms with Crippen LogP contribution in [0.1, 0.15) is 18.4 Å². The van der Waals surface area contributed by atoms with Crippen LogP contribution in [0.25, 0.3) is 16.9 Å². The van der Waals surface area contributed by atoms with Crippen molar-refractivity contribution in [1.82, 2.24) is 20.0 Å². The number of aromatic nitrogens is 2. The largest absolute Gasteiger partial charge is 0.497 e. The number of β-amino-alcohol motifs (C(OH)–C–C–N with tert-alkyl or cyclic N) is 1. The molecule has 1 aliphatic rings. The molecule has 0 bridgehead atoms. The molecule has 0 amide bonds. The Kier molecular flexibility index (Phi) is 7.25. The standard InChI is InChI=1S/C24H29ClN4O2/c1-31-21-10-8-19(9-11-21)29-16-18(24(27-29)22-6-2-3-7-23(22)25)15-26-12-14-28-13-4-5-20(30)17-28/h2-3,6-11,16,20,26,30H,4-5,12-15,17H2,1H3/t20-/m0/s1. The smallest absolute Gasteiger partial charge is 0.119 e. The maximum Gasteiger partial charge on any atom is 0.119 e. The Hall–Kier alpha value is -2.38. The number of methoxy groups -OCH3 is 1. The van der Waals surface area contributed by atoms with Gasteiger partial charge in [-0.3, -0.25) is 4.90 Å². The summed E-state index contributed by atoms with van der Waals surface area (Å²) in [6.45, 7) is 4.28. The molecular formula is C24H29ClN4O2. The minimum absolute atomic E-state index is 0.191. The molecule has 2 aromatic carbocycles. The van der Waals surface area contributed by atoms with E-state index in [0.717, 1.165) is 67.3 Å². The van der Waals surface area contributed by atoms with E-state index in [-0.39, 0.29) is 6.10 Å². The van der Waals surface area contributed by atoms with Crippen molar-refractivity contribution < 1.29 is 9.84 Å². The minimum atomic E-state index is -0.191. The van der Waals surface area contributed by atoms with Crippen LogP contribution in [0.4, 0.5) is 0 Å². The SMILES string of the molecule is COc1ccc(-n2cc(CNCCN3CCC[C@H](O)C3)c(-c3ccccc3Cl)n2)cc1. The Morgan fingerprint density at radius 1 is 1.19 bits per heavy atom. The molecule has 7 heteroatoms. The Morgan fingerprint density at radius 3 is 2.74 bits per heavy atom. The van der Waals surface area contributed by atoms with E-state index in [1.54, 1.807) is 7.11 Å². The van der Waals surface area contributed by atoms with E-state index in [1.165, 1.54) is 0 Å². The summed E-state index contributed by atoms with van der Waals surface area (Å²) in [6.07, 6.45) is 3.84. The van der Waals surface area contributed by atoms with Crippen LogP contribution >= 0.6 is 11.6 Å². The maximum atomic E-state index is 9.85. The van der Waals surface area contributed by atoms with Crippen LogP contribution in [0.2, 0.25) is 5.02 Å². The lowest BCUT2D eigenvalue weighted by Crippen LogP contribution is -2.41. The number of nitrogens with zero attached hydrogens (tertiary/aromatic N) is 3. The first kappa shape index (κ1) is 21.8. The number of nitrogens with one attached hydrogen (secondary N) is 1. The third-order valence-corrected chi connectivity index (χ3v) is 5.99. The lowest BCUT2D eigenvalue weighted by atomic mass is 10.1. The van der Waals surface area contributed by atoms with Crippen molar-refractivity contribution in [3.63, 3.8) is 0 Å². The number of halogens is 1. The van der Waals surface area contributed by atoms with Crippen molar-refractivity contribution >= 4 is 11.6 Å². The van der Waals surface area contributed by atoms with Gasteiger partial charge < -0.3 is 15.2 Å². The second-order valence-corrected chi connectivity index (χ2v) is 8.31. The minimum Gasteiger partial charge on any atom is -0.497 e. The van der Waals surface area contributed by atoms with E-state index >= 15 is 0 Å². The molecule has 1 aromatic heterocycles. The molecule has 4 rings (SSSR count). The van der Waals surface area contributed by atoms with Gasteiger partial charge in [-0.15, -0.1) is 0 Å². The molecule has 0 aliphatic carbocycles. The van der Waals surface area contributed by atoms with Crippen molar-refractivity contribution in [3.8, 4) is 22.7 Å². The number of aliphatic hydroxyl groups is 1. The number of aliphatic hydroxyl groups excluding tert-OH is 1. The molecule has 6 nitrogen and oxygen atoms in total. The molecule has 31 heavy (non-hydrogen) atoms. The summed E-state index contributed by atoms with van der Waals surface area (Å²) in [5.41, 5.74) is 3.85. The van der Waals surface area contributed by atoms with Gasteiger partial charge in [0, 0.05) is 43.5 Å². The van der Waals surface area contributed by atoms with Crippen LogP contribution in [0.15, 0.2) is 54.7 Å². The summed E-state index contributed by atoms with van der Waals surface area (Å²) in [4.78, 5) is 2.32. The van der Waals surface area contributed by atoms with Gasteiger partial charge in [-0.05, 0) is 49.7 Å². The molecular weight excluding hydrogens is 412 g/mol. The summed E-state index contributed by atoms with van der Waals surface area (Å²) in [6, 6.07) is 15.6. The summed E-state index contributed by atoms with van der Waals surface area (Å²) in [5, 5.41) is 18.9. The molecule has 1 aliphatic heterocycles. The van der Waals surface area contributed by atoms with Gasteiger partial charge in [0.2, 0.25) is 0 Å². The zero-order chi connectivity index (χ0) is 21.6. The molecule has 2 heterocycles. The van der Waals surface area contributed by atoms with Gasteiger partial charge in [0.05, 0.1) is 29.6 Å². The molecule has 0 unspecified atom stereocenters. The number of hydrogen-bond acceptors (Lipinski definition) is 5. The number of rotatable bonds is 8. The van der Waals surface area contributed by atoms with Crippen LogP contribution in [-0.4, -0.2) is 59.2 Å². The van der Waals surface area contributed by atoms with Crippen LogP contribution < -0.4 is 10.1 Å². The van der Waals surface area contributed by atoms with Crippen LogP contribution in [0, 0.1) is 0 Å². The normalized spacial score (nSPS) is 17.1. The average Bonchev–Trinajstić information content (AvgIpc) is 3.21. The lowest BCUT2D eigenvalue weighted by molar-refractivity contribution is 0.0712. The highest BCUT2D eigenvalue weighted by atomic mass is 35.5. The van der Waals surface area contributed by atoms with Crippen molar-refractivity contribution in [3.05, 3.63) is 65.3 Å². The zero-order valence-corrected chi connectivity index (χ0v) is 18.6. The number of likely N-dealkylation sites (tertiary alicyclic amines) is 1. The second-order valence-electron chi connectivity index (χ2n) is 7.90. The Balaban J connectivity index is 1.50. The van der Waals surface area contributed by atoms with Crippen molar-refractivity contribution in [1.29, 1.82) is 0 Å². The third-order valence-electron chi connectivity index (χ3n) is 5.66. The molecule has 2 N–H and O–H groups in total. The molecule has 164 valence electrons. The van der Waals surface area contributed by atoms with E-state index in [1.807, 2.05) is 53.2 Å². The number of piperidine rings is 1. The van der Waals surface area contributed by atoms with Crippen molar-refractivity contribution in [2.75, 3.05) is 33.3 Å². The van der Waals surface area contributed by atoms with Crippen LogP contribution in [0.3, 0.4) is 0 Å². The fourth-order valence-electron chi connectivity index (χ4n) is 3.98. The van der Waals surface area contributed by atoms with Gasteiger partial charge in [0.1, 0.15) is 5.75 Å². The van der Waals surface area contributed by atoms with Gasteiger partial charge in [-0.2, -0.15) is 5.10 Å². The number of ether oxygens (including phenoxy) is 1. The Labute approximate surface area is 188 Å². The first-order valence-corrected chi connectivity index (χ1v) is 11.1. The van der Waals surface area contributed by atoms with E-state index in [0.29, 0.717) is 11.6 Å². The summed E-state index contributed by atoms with van der Waals surface area (Å²) < 4.78 is 7.15. The Bertz CT molecular complexity index is 989. The van der Waals surface area contributed by atoms with E-state index in [4.69, 9.17) is 21.4 Å². The predicted octanol–water partition coefficient (Wildman–Crippen LogP) is 3.75. The summed E-state index contributed by atoms with van der Waals surface area (Å²) in [5.74, 6) is 0.812. The van der Waals surface area contributed by atoms with Crippen LogP contribution in [0.5, 0.6) is 5.75 Å². The summed E-state index contributed by atoms with van der Waals surface area (Å²) >= 11 is 6.49. The van der Waals surface area contributed by atoms with Gasteiger partial charge in [0.15, 0.2) is 0 Å². The van der Waals surface area contributed by atoms with Crippen LogP contribution in [-0.2, 0) is 6.54 Å². The highest BCUT2D eigenvalue weighted by Crippen LogP contribution is 2.30. The van der Waals surface area contributed by atoms with E-state index in [9.17, 15) is 5.11 Å². The fraction of sp³-hybridized carbons (Fsp3) is 0.375. The quantitative estimate of drug-likeness (QED) is 0.522.